The molecule has 1 N–H and O–H groups in total. The predicted molar refractivity (Wildman–Crippen MR) is 116 cm³/mol. The Morgan fingerprint density at radius 2 is 1.90 bits per heavy atom. The molecule has 3 atom stereocenters. The second-order valence-corrected chi connectivity index (χ2v) is 8.59. The molecule has 1 saturated carbocycles. The zero-order chi connectivity index (χ0) is 21.5. The highest BCUT2D eigenvalue weighted by molar-refractivity contribution is 6.00. The average molecular weight is 415 g/mol. The minimum absolute atomic E-state index is 0.0124. The molecule has 1 saturated heterocycles. The third-order valence-electron chi connectivity index (χ3n) is 6.51. The van der Waals surface area contributed by atoms with Gasteiger partial charge in [0.2, 0.25) is 11.8 Å². The molecule has 1 aliphatic carbocycles. The van der Waals surface area contributed by atoms with Gasteiger partial charge in [-0.2, -0.15) is 0 Å². The standard InChI is InChI=1S/C24H34N2O4/c1-3-4-7-17-10-12-20(13-11-17)26-16-19(14-22(26)27)23(28)25-15-18-8-5-6-9-21(18)24(29)30-2/h10-13,18-19,21H,3-9,14-16H2,1-2H3,(H,25,28). The van der Waals surface area contributed by atoms with Gasteiger partial charge in [0.1, 0.15) is 0 Å². The van der Waals surface area contributed by atoms with E-state index in [1.165, 1.54) is 12.7 Å². The van der Waals surface area contributed by atoms with Crippen molar-refractivity contribution in [2.45, 2.75) is 58.3 Å². The monoisotopic (exact) mass is 414 g/mol. The third kappa shape index (κ3) is 5.41. The summed E-state index contributed by atoms with van der Waals surface area (Å²) in [5.41, 5.74) is 2.13. The largest absolute Gasteiger partial charge is 0.469 e. The first-order valence-electron chi connectivity index (χ1n) is 11.3. The van der Waals surface area contributed by atoms with Gasteiger partial charge in [-0.1, -0.05) is 38.3 Å². The minimum Gasteiger partial charge on any atom is -0.469 e. The van der Waals surface area contributed by atoms with E-state index in [1.54, 1.807) is 4.90 Å². The van der Waals surface area contributed by atoms with Crippen LogP contribution in [-0.4, -0.2) is 38.0 Å². The van der Waals surface area contributed by atoms with Crippen LogP contribution >= 0.6 is 0 Å². The van der Waals surface area contributed by atoms with Gasteiger partial charge in [-0.05, 0) is 49.3 Å². The Balaban J connectivity index is 1.54. The van der Waals surface area contributed by atoms with E-state index < -0.39 is 0 Å². The van der Waals surface area contributed by atoms with Crippen molar-refractivity contribution in [2.24, 2.45) is 17.8 Å². The lowest BCUT2D eigenvalue weighted by Crippen LogP contribution is -2.40. The molecule has 2 amide bonds. The molecule has 0 radical (unpaired) electrons. The summed E-state index contributed by atoms with van der Waals surface area (Å²) in [6, 6.07) is 8.10. The van der Waals surface area contributed by atoms with Crippen LogP contribution in [-0.2, 0) is 25.5 Å². The lowest BCUT2D eigenvalue weighted by Gasteiger charge is -2.29. The highest BCUT2D eigenvalue weighted by Gasteiger charge is 2.36. The fourth-order valence-electron chi connectivity index (χ4n) is 4.65. The topological polar surface area (TPSA) is 75.7 Å². The molecule has 2 fully saturated rings. The van der Waals surface area contributed by atoms with Gasteiger partial charge in [-0.25, -0.2) is 0 Å². The van der Waals surface area contributed by atoms with Crippen LogP contribution in [0, 0.1) is 17.8 Å². The quantitative estimate of drug-likeness (QED) is 0.661. The van der Waals surface area contributed by atoms with Gasteiger partial charge in [0.25, 0.3) is 0 Å². The van der Waals surface area contributed by atoms with Gasteiger partial charge in [0.15, 0.2) is 0 Å². The summed E-state index contributed by atoms with van der Waals surface area (Å²) in [6.07, 6.45) is 7.41. The maximum absolute atomic E-state index is 12.7. The molecule has 0 bridgehead atoms. The zero-order valence-corrected chi connectivity index (χ0v) is 18.2. The van der Waals surface area contributed by atoms with E-state index in [9.17, 15) is 14.4 Å². The van der Waals surface area contributed by atoms with E-state index in [-0.39, 0.29) is 42.0 Å². The van der Waals surface area contributed by atoms with Crippen molar-refractivity contribution >= 4 is 23.5 Å². The number of rotatable bonds is 8. The van der Waals surface area contributed by atoms with Crippen molar-refractivity contribution in [1.82, 2.24) is 5.32 Å². The lowest BCUT2D eigenvalue weighted by molar-refractivity contribution is -0.148. The fraction of sp³-hybridized carbons (Fsp3) is 0.625. The first-order chi connectivity index (χ1) is 14.5. The van der Waals surface area contributed by atoms with Gasteiger partial charge >= 0.3 is 5.97 Å². The van der Waals surface area contributed by atoms with Crippen LogP contribution < -0.4 is 10.2 Å². The molecule has 1 aromatic carbocycles. The number of hydrogen-bond acceptors (Lipinski definition) is 4. The van der Waals surface area contributed by atoms with Crippen LogP contribution in [0.15, 0.2) is 24.3 Å². The smallest absolute Gasteiger partial charge is 0.309 e. The van der Waals surface area contributed by atoms with Gasteiger partial charge in [-0.15, -0.1) is 0 Å². The second kappa shape index (κ2) is 10.6. The van der Waals surface area contributed by atoms with Crippen molar-refractivity contribution in [3.8, 4) is 0 Å². The number of carbonyl (C=O) groups excluding carboxylic acids is 3. The van der Waals surface area contributed by atoms with Crippen LogP contribution in [0.5, 0.6) is 0 Å². The van der Waals surface area contributed by atoms with Crippen LogP contribution in [0.2, 0.25) is 0 Å². The first kappa shape index (κ1) is 22.3. The Kier molecular flexibility index (Phi) is 7.88. The van der Waals surface area contributed by atoms with E-state index in [4.69, 9.17) is 4.74 Å². The number of hydrogen-bond donors (Lipinski definition) is 1. The Morgan fingerprint density at radius 3 is 2.60 bits per heavy atom. The lowest BCUT2D eigenvalue weighted by atomic mass is 9.79. The van der Waals surface area contributed by atoms with Crippen molar-refractivity contribution in [3.63, 3.8) is 0 Å². The number of nitrogens with one attached hydrogen (secondary N) is 1. The van der Waals surface area contributed by atoms with Gasteiger partial charge in [0.05, 0.1) is 18.9 Å². The Bertz CT molecular complexity index is 746. The van der Waals surface area contributed by atoms with Crippen molar-refractivity contribution in [2.75, 3.05) is 25.1 Å². The minimum atomic E-state index is -0.350. The van der Waals surface area contributed by atoms with Gasteiger partial charge in [0, 0.05) is 25.2 Å². The summed E-state index contributed by atoms with van der Waals surface area (Å²) >= 11 is 0. The van der Waals surface area contributed by atoms with Crippen molar-refractivity contribution in [1.29, 1.82) is 0 Å². The molecule has 6 nitrogen and oxygen atoms in total. The predicted octanol–water partition coefficient (Wildman–Crippen LogP) is 3.48. The van der Waals surface area contributed by atoms with Crippen LogP contribution in [0.4, 0.5) is 5.69 Å². The molecule has 6 heteroatoms. The maximum Gasteiger partial charge on any atom is 0.309 e. The molecular formula is C24H34N2O4. The molecule has 30 heavy (non-hydrogen) atoms. The number of anilines is 1. The molecule has 1 aromatic rings. The fourth-order valence-corrected chi connectivity index (χ4v) is 4.65. The Labute approximate surface area is 179 Å². The highest BCUT2D eigenvalue weighted by atomic mass is 16.5. The van der Waals surface area contributed by atoms with E-state index in [0.29, 0.717) is 13.1 Å². The number of benzene rings is 1. The summed E-state index contributed by atoms with van der Waals surface area (Å²) < 4.78 is 4.93. The molecule has 2 aliphatic rings. The van der Waals surface area contributed by atoms with Crippen LogP contribution in [0.25, 0.3) is 0 Å². The van der Waals surface area contributed by atoms with Crippen molar-refractivity contribution < 1.29 is 19.1 Å². The van der Waals surface area contributed by atoms with Crippen LogP contribution in [0.3, 0.4) is 0 Å². The Morgan fingerprint density at radius 1 is 1.17 bits per heavy atom. The van der Waals surface area contributed by atoms with Crippen LogP contribution in [0.1, 0.15) is 57.4 Å². The second-order valence-electron chi connectivity index (χ2n) is 8.59. The number of ether oxygens (including phenoxy) is 1. The van der Waals surface area contributed by atoms with E-state index in [2.05, 4.69) is 24.4 Å². The van der Waals surface area contributed by atoms with Gasteiger partial charge < -0.3 is 15.0 Å². The molecule has 1 aliphatic heterocycles. The van der Waals surface area contributed by atoms with E-state index >= 15 is 0 Å². The number of esters is 1. The van der Waals surface area contributed by atoms with E-state index in [1.807, 2.05) is 12.1 Å². The van der Waals surface area contributed by atoms with Crippen molar-refractivity contribution in [3.05, 3.63) is 29.8 Å². The summed E-state index contributed by atoms with van der Waals surface area (Å²) in [5.74, 6) is -0.673. The van der Waals surface area contributed by atoms with E-state index in [0.717, 1.165) is 50.6 Å². The molecule has 164 valence electrons. The number of aryl methyl sites for hydroxylation is 1. The molecule has 0 spiro atoms. The number of amides is 2. The summed E-state index contributed by atoms with van der Waals surface area (Å²) in [4.78, 5) is 39.0. The summed E-state index contributed by atoms with van der Waals surface area (Å²) in [6.45, 7) is 3.05. The molecule has 3 unspecified atom stereocenters. The number of nitrogens with zero attached hydrogens (tertiary/aromatic N) is 1. The Hall–Kier alpha value is -2.37. The normalized spacial score (nSPS) is 24.0. The number of carbonyl (C=O) groups is 3. The molecular weight excluding hydrogens is 380 g/mol. The molecule has 3 rings (SSSR count). The SMILES string of the molecule is CCCCc1ccc(N2CC(C(=O)NCC3CCCCC3C(=O)OC)CC2=O)cc1. The summed E-state index contributed by atoms with van der Waals surface area (Å²) in [7, 11) is 1.42. The number of methoxy groups -OCH3 is 1. The molecule has 1 heterocycles. The third-order valence-corrected chi connectivity index (χ3v) is 6.51. The summed E-state index contributed by atoms with van der Waals surface area (Å²) in [5, 5.41) is 3.00. The van der Waals surface area contributed by atoms with Gasteiger partial charge in [-0.3, -0.25) is 14.4 Å². The maximum atomic E-state index is 12.7. The molecule has 0 aromatic heterocycles. The zero-order valence-electron chi connectivity index (χ0n) is 18.2. The highest BCUT2D eigenvalue weighted by Crippen LogP contribution is 2.31. The average Bonchev–Trinajstić information content (AvgIpc) is 3.17. The first-order valence-corrected chi connectivity index (χ1v) is 11.3. The number of unbranched alkanes of at least 4 members (excludes halogenated alkanes) is 1.